The monoisotopic (exact) mass is 2020 g/mol. The van der Waals surface area contributed by atoms with E-state index in [1.54, 1.807) is 6.08 Å². The fourth-order valence-electron chi connectivity index (χ4n) is 19.1. The number of carboxylic acid groups (broad SMARTS) is 1. The molecule has 816 valence electrons. The zero-order chi connectivity index (χ0) is 103. The molecule has 0 bridgehead atoms. The van der Waals surface area contributed by atoms with Crippen molar-refractivity contribution in [2.45, 2.75) is 505 Å². The van der Waals surface area contributed by atoms with Gasteiger partial charge in [-0.3, -0.25) is 19.2 Å². The highest BCUT2D eigenvalue weighted by Gasteiger charge is 2.63. The molecule has 7 rings (SSSR count). The van der Waals surface area contributed by atoms with Crippen molar-refractivity contribution in [1.82, 2.24) is 21.3 Å². The van der Waals surface area contributed by atoms with Crippen LogP contribution in [0.3, 0.4) is 0 Å². The Labute approximate surface area is 819 Å². The number of carboxylic acids is 1. The molecule has 7 aliphatic heterocycles. The van der Waals surface area contributed by atoms with Crippen molar-refractivity contribution in [2.75, 3.05) is 52.9 Å². The van der Waals surface area contributed by atoms with E-state index in [2.05, 4.69) is 35.1 Å². The average molecular weight is 2020 g/mol. The first kappa shape index (κ1) is 123. The molecule has 45 nitrogen and oxygen atoms in total. The van der Waals surface area contributed by atoms with Crippen LogP contribution in [-0.2, 0) is 90.3 Å². The molecule has 0 radical (unpaired) electrons. The maximum absolute atomic E-state index is 13.7. The van der Waals surface area contributed by atoms with Gasteiger partial charge in [-0.05, 0) is 19.3 Å². The first-order valence-electron chi connectivity index (χ1n) is 51.1. The van der Waals surface area contributed by atoms with Crippen LogP contribution in [0.4, 0.5) is 0 Å². The van der Waals surface area contributed by atoms with Gasteiger partial charge in [0, 0.05) is 33.6 Å². The zero-order valence-corrected chi connectivity index (χ0v) is 81.9. The van der Waals surface area contributed by atoms with Gasteiger partial charge in [0.1, 0.15) is 165 Å². The Morgan fingerprint density at radius 1 is 0.371 bits per heavy atom. The number of ether oxygens (including phenoxy) is 14. The van der Waals surface area contributed by atoms with Crippen LogP contribution in [0, 0.1) is 0 Å². The number of aliphatic hydroxyl groups excluding tert-OH is 21. The molecular weight excluding hydrogens is 1850 g/mol. The van der Waals surface area contributed by atoms with Crippen molar-refractivity contribution in [3.05, 3.63) is 12.2 Å². The number of rotatable bonds is 67. The molecule has 0 aromatic rings. The predicted octanol–water partition coefficient (Wildman–Crippen LogP) is -2.13. The van der Waals surface area contributed by atoms with E-state index >= 15 is 0 Å². The summed E-state index contributed by atoms with van der Waals surface area (Å²) in [5.41, 5.74) is 0. The normalized spacial score (nSPS) is 35.9. The summed E-state index contributed by atoms with van der Waals surface area (Å²) in [5, 5.41) is 258. The molecule has 7 saturated heterocycles. The standard InChI is InChI=1S/C95H170N4O41/c1-6-8-10-12-14-16-18-20-21-22-23-24-25-26-27-28-29-31-33-35-37-39-41-43-66(113)99-56(57(110)42-40-38-36-34-32-30-19-17-15-13-11-9-7-2)52-127-90-77(121)76(120)83(65(51-106)133-90)136-92-79(123)86(72(116)61(47-102)129-92)138-88-68(97-54(4)108)74(118)81(63(49-104)131-88)134-91-78(122)85(71(115)60(46-101)128-91)137-89-69(98-55(5)109)75(119)82(64(50-105)132-89)135-93-80(124)87(73(117)62(48-103)130-93)140-95(94(125)126)44-58(111)67(96-53(3)107)84(139-95)70(114)59(112)45-100/h40,42,56-65,67-93,100-106,110-112,114-124H,6-39,41,43-52H2,1-5H3,(H,96,107)(H,97,108)(H,98,109)(H,99,113)(H,125,126)/b42-40+/t56-,57+,58?,59+,60?,61?,62?,63?,64?,65?,67+,68?,69?,70+,71-,72-,73-,74+,75+,76+,77?,78?,79?,80?,81+,82+,83+,84?,85-,86-,87-,88-,89+,90+,91-,92-,93-,95-/m0/s1. The zero-order valence-electron chi connectivity index (χ0n) is 81.9. The summed E-state index contributed by atoms with van der Waals surface area (Å²) in [6.07, 6.45) is -24.1. The van der Waals surface area contributed by atoms with Crippen LogP contribution in [0.15, 0.2) is 12.2 Å². The van der Waals surface area contributed by atoms with Gasteiger partial charge in [-0.1, -0.05) is 231 Å². The van der Waals surface area contributed by atoms with Crippen molar-refractivity contribution >= 4 is 29.6 Å². The summed E-state index contributed by atoms with van der Waals surface area (Å²) in [6.45, 7) is -0.949. The molecule has 7 heterocycles. The second-order valence-electron chi connectivity index (χ2n) is 38.5. The van der Waals surface area contributed by atoms with Crippen LogP contribution in [0.1, 0.15) is 272 Å². The van der Waals surface area contributed by atoms with E-state index in [0.29, 0.717) is 12.8 Å². The van der Waals surface area contributed by atoms with E-state index in [1.165, 1.54) is 161 Å². The smallest absolute Gasteiger partial charge is 0.364 e. The molecule has 0 spiro atoms. The van der Waals surface area contributed by atoms with Crippen molar-refractivity contribution in [3.8, 4) is 0 Å². The first-order chi connectivity index (χ1) is 67.1. The van der Waals surface area contributed by atoms with Gasteiger partial charge in [-0.25, -0.2) is 4.79 Å². The van der Waals surface area contributed by atoms with Gasteiger partial charge in [-0.15, -0.1) is 0 Å². The molecule has 14 unspecified atom stereocenters. The van der Waals surface area contributed by atoms with Crippen molar-refractivity contribution in [1.29, 1.82) is 0 Å². The molecule has 0 saturated carbocycles. The van der Waals surface area contributed by atoms with Crippen LogP contribution in [0.25, 0.3) is 0 Å². The van der Waals surface area contributed by atoms with Crippen LogP contribution in [0.2, 0.25) is 0 Å². The molecule has 7 aliphatic rings. The van der Waals surface area contributed by atoms with Crippen LogP contribution in [0.5, 0.6) is 0 Å². The Morgan fingerprint density at radius 3 is 1.05 bits per heavy atom. The lowest BCUT2D eigenvalue weighted by molar-refractivity contribution is -0.391. The summed E-state index contributed by atoms with van der Waals surface area (Å²) in [5.74, 6) is -8.44. The highest BCUT2D eigenvalue weighted by molar-refractivity contribution is 5.77. The number of hydrogen-bond acceptors (Lipinski definition) is 40. The van der Waals surface area contributed by atoms with Gasteiger partial charge in [-0.2, -0.15) is 0 Å². The summed E-state index contributed by atoms with van der Waals surface area (Å²) in [6, 6.07) is -6.68. The average Bonchev–Trinajstić information content (AvgIpc) is 0.754. The number of carbonyl (C=O) groups is 5. The molecule has 4 amide bonds. The fraction of sp³-hybridized carbons (Fsp3) is 0.926. The maximum Gasteiger partial charge on any atom is 0.364 e. The third-order valence-corrected chi connectivity index (χ3v) is 27.2. The molecule has 26 N–H and O–H groups in total. The van der Waals surface area contributed by atoms with E-state index < -0.39 is 315 Å². The second kappa shape index (κ2) is 64.8. The van der Waals surface area contributed by atoms with Gasteiger partial charge in [0.25, 0.3) is 5.79 Å². The topological polar surface area (TPSA) is 708 Å². The Bertz CT molecular complexity index is 3450. The largest absolute Gasteiger partial charge is 0.477 e. The van der Waals surface area contributed by atoms with Crippen LogP contribution < -0.4 is 21.3 Å². The predicted molar refractivity (Wildman–Crippen MR) is 492 cm³/mol. The van der Waals surface area contributed by atoms with Gasteiger partial charge in [0.2, 0.25) is 23.6 Å². The van der Waals surface area contributed by atoms with E-state index in [0.717, 1.165) is 72.1 Å². The van der Waals surface area contributed by atoms with Crippen molar-refractivity contribution in [2.24, 2.45) is 0 Å². The maximum atomic E-state index is 13.7. The number of hydrogen-bond donors (Lipinski definition) is 26. The summed E-state index contributed by atoms with van der Waals surface area (Å²) in [4.78, 5) is 65.2. The minimum atomic E-state index is -3.25. The van der Waals surface area contributed by atoms with E-state index in [4.69, 9.17) is 66.3 Å². The third-order valence-electron chi connectivity index (χ3n) is 27.2. The molecule has 0 aromatic heterocycles. The van der Waals surface area contributed by atoms with E-state index in [-0.39, 0.29) is 12.3 Å². The SMILES string of the molecule is CCCCCCCCCCCCC/C=C/[C@@H](O)[C@H](CO[C@@H]1OC(CO)[C@@H](O[C@@H]2OC(CO)[C@H](O)[C@H](O[C@@H]3OC(CO)[C@@H](O[C@@H]4OC(CO)[C@H](O)[C@H](O[C@H]5OC(CO)[C@@H](O[C@@H]6OC(CO)[C@H](O)[C@H](O[C@]7(C(=O)O)CC(O)[C@@H](NC(C)=O)C([C@H](O)[C@H](O)CO)O7)C6O)[C@H](O)C5NC(C)=O)C4O)[C@H](O)C3NC(C)=O)C2O)[C@H](O)C1O)NC(=O)CCCCCCCCCCCCCCCCCCCCCCCCC. The lowest BCUT2D eigenvalue weighted by Crippen LogP contribution is -2.71. The number of amides is 4. The van der Waals surface area contributed by atoms with Crippen molar-refractivity contribution in [3.63, 3.8) is 0 Å². The summed E-state index contributed by atoms with van der Waals surface area (Å²) < 4.78 is 83.1. The number of aliphatic hydroxyl groups is 21. The van der Waals surface area contributed by atoms with Gasteiger partial charge < -0.3 is 200 Å². The van der Waals surface area contributed by atoms with Gasteiger partial charge >= 0.3 is 5.97 Å². The number of allylic oxidation sites excluding steroid dienone is 1. The second-order valence-corrected chi connectivity index (χ2v) is 38.5. The van der Waals surface area contributed by atoms with Gasteiger partial charge in [0.05, 0.1) is 77.1 Å². The van der Waals surface area contributed by atoms with Gasteiger partial charge in [0.15, 0.2) is 37.7 Å². The molecule has 7 fully saturated rings. The minimum Gasteiger partial charge on any atom is -0.477 e. The Hall–Kier alpha value is -4.31. The number of carbonyl (C=O) groups excluding carboxylic acids is 4. The highest BCUT2D eigenvalue weighted by atomic mass is 16.8. The van der Waals surface area contributed by atoms with Crippen LogP contribution >= 0.6 is 0 Å². The van der Waals surface area contributed by atoms with E-state index in [1.807, 2.05) is 6.08 Å². The van der Waals surface area contributed by atoms with Crippen molar-refractivity contribution < 1.29 is 203 Å². The molecular formula is C95H170N4O41. The molecule has 0 aliphatic carbocycles. The summed E-state index contributed by atoms with van der Waals surface area (Å²) in [7, 11) is 0. The van der Waals surface area contributed by atoms with Crippen LogP contribution in [-0.4, -0.2) is 427 Å². The number of aliphatic carboxylic acids is 1. The summed E-state index contributed by atoms with van der Waals surface area (Å²) >= 11 is 0. The molecule has 0 aromatic carbocycles. The molecule has 38 atom stereocenters. The molecule has 45 heteroatoms. The Morgan fingerprint density at radius 2 is 0.693 bits per heavy atom. The third kappa shape index (κ3) is 37.2. The molecule has 140 heavy (non-hydrogen) atoms. The lowest BCUT2D eigenvalue weighted by atomic mass is 9.88. The quantitative estimate of drug-likeness (QED) is 0.0228. The Balaban J connectivity index is 0.972. The number of unbranched alkanes of at least 4 members (excludes halogenated alkanes) is 33. The highest BCUT2D eigenvalue weighted by Crippen LogP contribution is 2.42. The number of nitrogens with one attached hydrogen (secondary N) is 4. The van der Waals surface area contributed by atoms with E-state index in [9.17, 15) is 136 Å². The fourth-order valence-corrected chi connectivity index (χ4v) is 19.1. The lowest BCUT2D eigenvalue weighted by Gasteiger charge is -2.51. The minimum absolute atomic E-state index is 0.154. The first-order valence-corrected chi connectivity index (χ1v) is 51.1. The Kier molecular flexibility index (Phi) is 56.8.